The Morgan fingerprint density at radius 2 is 2.04 bits per heavy atom. The number of benzene rings is 1. The van der Waals surface area contributed by atoms with Crippen LogP contribution in [-0.4, -0.2) is 16.1 Å². The maximum atomic E-state index is 13.7. The number of carbonyl (C=O) groups is 1. The fourth-order valence-corrected chi connectivity index (χ4v) is 1.70. The average Bonchev–Trinajstić information content (AvgIpc) is 2.40. The van der Waals surface area contributed by atoms with E-state index in [-0.39, 0.29) is 5.75 Å². The molecule has 0 saturated carbocycles. The number of aromatic nitrogens is 2. The molecule has 0 atom stereocenters. The molecule has 0 fully saturated rings. The fraction of sp³-hybridized carbons (Fsp3) is 0.0833. The molecule has 0 unspecified atom stereocenters. The van der Waals surface area contributed by atoms with E-state index in [1.807, 2.05) is 0 Å². The molecule has 0 saturated heterocycles. The highest BCUT2D eigenvalue weighted by Gasteiger charge is 2.35. The number of nitrogens with zero attached hydrogens (tertiary/aromatic N) is 2. The van der Waals surface area contributed by atoms with E-state index >= 15 is 0 Å². The third-order valence-corrected chi connectivity index (χ3v) is 2.66. The number of anilines is 2. The van der Waals surface area contributed by atoms with E-state index in [9.17, 15) is 22.4 Å². The Morgan fingerprint density at radius 3 is 2.65 bits per heavy atom. The zero-order valence-corrected chi connectivity index (χ0v) is 11.7. The molecule has 0 bridgehead atoms. The number of alkyl halides is 3. The van der Waals surface area contributed by atoms with Gasteiger partial charge in [-0.25, -0.2) is 14.2 Å². The standard InChI is InChI=1S/C12H7ClF4N4O2/c13-10-19-4-6(12(15,16)17)9(21-10)20-8-3-5(23-11(18)22)1-2-7(8)14/h1-4H,(H2,18,22)(H,19,20,21). The van der Waals surface area contributed by atoms with Crippen molar-refractivity contribution >= 4 is 29.2 Å². The summed E-state index contributed by atoms with van der Waals surface area (Å²) in [5.74, 6) is -1.84. The number of ether oxygens (including phenoxy) is 1. The zero-order chi connectivity index (χ0) is 17.2. The Bertz CT molecular complexity index is 754. The molecule has 1 aromatic heterocycles. The van der Waals surface area contributed by atoms with Crippen LogP contribution in [0.15, 0.2) is 24.4 Å². The van der Waals surface area contributed by atoms with Crippen LogP contribution in [0.25, 0.3) is 0 Å². The Morgan fingerprint density at radius 1 is 1.35 bits per heavy atom. The Labute approximate surface area is 131 Å². The van der Waals surface area contributed by atoms with Gasteiger partial charge in [0.25, 0.3) is 0 Å². The second kappa shape index (κ2) is 6.24. The van der Waals surface area contributed by atoms with Crippen molar-refractivity contribution in [2.75, 3.05) is 5.32 Å². The van der Waals surface area contributed by atoms with Crippen LogP contribution in [0.1, 0.15) is 5.56 Å². The minimum atomic E-state index is -4.79. The number of hydrogen-bond donors (Lipinski definition) is 2. The Balaban J connectivity index is 2.43. The highest BCUT2D eigenvalue weighted by atomic mass is 35.5. The molecule has 1 amide bonds. The fourth-order valence-electron chi connectivity index (χ4n) is 1.57. The van der Waals surface area contributed by atoms with Gasteiger partial charge in [0.15, 0.2) is 0 Å². The summed E-state index contributed by atoms with van der Waals surface area (Å²) in [5.41, 5.74) is 3.13. The maximum absolute atomic E-state index is 13.7. The number of nitrogens with two attached hydrogens (primary N) is 1. The van der Waals surface area contributed by atoms with Crippen LogP contribution in [0.4, 0.5) is 33.9 Å². The number of hydrogen-bond acceptors (Lipinski definition) is 5. The summed E-state index contributed by atoms with van der Waals surface area (Å²) < 4.78 is 56.9. The molecule has 122 valence electrons. The zero-order valence-electron chi connectivity index (χ0n) is 11.0. The quantitative estimate of drug-likeness (QED) is 0.653. The van der Waals surface area contributed by atoms with Crippen LogP contribution in [-0.2, 0) is 6.18 Å². The van der Waals surface area contributed by atoms with Gasteiger partial charge in [-0.1, -0.05) is 0 Å². The summed E-state index contributed by atoms with van der Waals surface area (Å²) in [7, 11) is 0. The van der Waals surface area contributed by atoms with Crippen molar-refractivity contribution < 1.29 is 27.1 Å². The van der Waals surface area contributed by atoms with Gasteiger partial charge >= 0.3 is 12.3 Å². The predicted octanol–water partition coefficient (Wildman–Crippen LogP) is 3.49. The van der Waals surface area contributed by atoms with Crippen LogP contribution in [0, 0.1) is 5.82 Å². The summed E-state index contributed by atoms with van der Waals surface area (Å²) >= 11 is 5.46. The summed E-state index contributed by atoms with van der Waals surface area (Å²) in [5, 5.41) is 1.67. The monoisotopic (exact) mass is 350 g/mol. The van der Waals surface area contributed by atoms with E-state index in [4.69, 9.17) is 17.3 Å². The Hall–Kier alpha value is -2.62. The number of nitrogens with one attached hydrogen (secondary N) is 1. The topological polar surface area (TPSA) is 90.1 Å². The lowest BCUT2D eigenvalue weighted by atomic mass is 10.2. The predicted molar refractivity (Wildman–Crippen MR) is 71.9 cm³/mol. The molecule has 0 aliphatic heterocycles. The molecular formula is C12H7ClF4N4O2. The largest absolute Gasteiger partial charge is 0.421 e. The number of rotatable bonds is 3. The van der Waals surface area contributed by atoms with Crippen molar-refractivity contribution in [2.24, 2.45) is 5.73 Å². The van der Waals surface area contributed by atoms with Gasteiger partial charge < -0.3 is 15.8 Å². The molecule has 2 aromatic rings. The van der Waals surface area contributed by atoms with Crippen LogP contribution in [0.2, 0.25) is 5.28 Å². The molecule has 1 aromatic carbocycles. The molecule has 0 aliphatic rings. The SMILES string of the molecule is NC(=O)Oc1ccc(F)c(Nc2nc(Cl)ncc2C(F)(F)F)c1. The molecule has 11 heteroatoms. The van der Waals surface area contributed by atoms with Crippen molar-refractivity contribution in [3.8, 4) is 5.75 Å². The molecule has 23 heavy (non-hydrogen) atoms. The number of halogens is 5. The van der Waals surface area contributed by atoms with Gasteiger partial charge in [0.1, 0.15) is 22.9 Å². The van der Waals surface area contributed by atoms with E-state index in [0.29, 0.717) is 6.20 Å². The second-order valence-corrected chi connectivity index (χ2v) is 4.42. The van der Waals surface area contributed by atoms with Gasteiger partial charge in [0, 0.05) is 12.3 Å². The van der Waals surface area contributed by atoms with Crippen molar-refractivity contribution in [3.05, 3.63) is 41.1 Å². The first-order valence-electron chi connectivity index (χ1n) is 5.80. The first-order valence-corrected chi connectivity index (χ1v) is 6.18. The molecule has 3 N–H and O–H groups in total. The third kappa shape index (κ3) is 4.19. The molecule has 0 aliphatic carbocycles. The Kier molecular flexibility index (Phi) is 4.55. The normalized spacial score (nSPS) is 11.2. The third-order valence-electron chi connectivity index (χ3n) is 2.47. The van der Waals surface area contributed by atoms with E-state index in [1.165, 1.54) is 0 Å². The van der Waals surface area contributed by atoms with Crippen LogP contribution < -0.4 is 15.8 Å². The molecule has 0 radical (unpaired) electrons. The lowest BCUT2D eigenvalue weighted by Crippen LogP contribution is -2.16. The summed E-state index contributed by atoms with van der Waals surface area (Å²) in [6.45, 7) is 0. The highest BCUT2D eigenvalue weighted by Crippen LogP contribution is 2.35. The minimum Gasteiger partial charge on any atom is -0.410 e. The number of primary amides is 1. The van der Waals surface area contributed by atoms with Crippen molar-refractivity contribution in [1.82, 2.24) is 9.97 Å². The van der Waals surface area contributed by atoms with Gasteiger partial charge in [-0.3, -0.25) is 0 Å². The molecule has 2 rings (SSSR count). The van der Waals surface area contributed by atoms with Crippen molar-refractivity contribution in [2.45, 2.75) is 6.18 Å². The summed E-state index contributed by atoms with van der Waals surface area (Å²) in [6, 6.07) is 2.88. The summed E-state index contributed by atoms with van der Waals surface area (Å²) in [6.07, 6.45) is -5.49. The maximum Gasteiger partial charge on any atom is 0.421 e. The molecular weight excluding hydrogens is 344 g/mol. The van der Waals surface area contributed by atoms with Gasteiger partial charge in [-0.15, -0.1) is 0 Å². The lowest BCUT2D eigenvalue weighted by Gasteiger charge is -2.14. The number of amides is 1. The van der Waals surface area contributed by atoms with Crippen molar-refractivity contribution in [1.29, 1.82) is 0 Å². The van der Waals surface area contributed by atoms with Crippen LogP contribution in [0.3, 0.4) is 0 Å². The highest BCUT2D eigenvalue weighted by molar-refractivity contribution is 6.28. The first kappa shape index (κ1) is 16.7. The smallest absolute Gasteiger partial charge is 0.410 e. The second-order valence-electron chi connectivity index (χ2n) is 4.09. The minimum absolute atomic E-state index is 0.171. The van der Waals surface area contributed by atoms with Gasteiger partial charge in [0.2, 0.25) is 5.28 Å². The van der Waals surface area contributed by atoms with Crippen molar-refractivity contribution in [3.63, 3.8) is 0 Å². The molecule has 1 heterocycles. The van der Waals surface area contributed by atoms with Crippen LogP contribution in [0.5, 0.6) is 5.75 Å². The number of carbonyl (C=O) groups excluding carboxylic acids is 1. The van der Waals surface area contributed by atoms with Crippen LogP contribution >= 0.6 is 11.6 Å². The van der Waals surface area contributed by atoms with Gasteiger partial charge in [0.05, 0.1) is 5.69 Å². The van der Waals surface area contributed by atoms with Gasteiger partial charge in [-0.05, 0) is 23.7 Å². The molecule has 6 nitrogen and oxygen atoms in total. The van der Waals surface area contributed by atoms with E-state index in [2.05, 4.69) is 20.0 Å². The lowest BCUT2D eigenvalue weighted by molar-refractivity contribution is -0.137. The van der Waals surface area contributed by atoms with Gasteiger partial charge in [-0.2, -0.15) is 18.2 Å². The summed E-state index contributed by atoms with van der Waals surface area (Å²) in [4.78, 5) is 17.3. The van der Waals surface area contributed by atoms with E-state index < -0.39 is 40.4 Å². The van der Waals surface area contributed by atoms with E-state index in [0.717, 1.165) is 18.2 Å². The first-order chi connectivity index (χ1) is 10.7. The molecule has 0 spiro atoms. The van der Waals surface area contributed by atoms with E-state index in [1.54, 1.807) is 0 Å². The average molecular weight is 351 g/mol.